The van der Waals surface area contributed by atoms with Crippen LogP contribution in [0.3, 0.4) is 0 Å². The first-order valence-corrected chi connectivity index (χ1v) is 7.69. The van der Waals surface area contributed by atoms with E-state index in [4.69, 9.17) is 9.47 Å². The third kappa shape index (κ3) is 4.46. The molecule has 1 amide bonds. The van der Waals surface area contributed by atoms with E-state index in [0.29, 0.717) is 17.2 Å². The Morgan fingerprint density at radius 2 is 2.00 bits per heavy atom. The first-order chi connectivity index (χ1) is 11.8. The standard InChI is InChI=1S/C17H21F2N3O3/c1-10-7-14(17(18)19)21-22(10)9-16(23)20-11(2)13-8-12(24-3)5-6-15(13)25-4/h5-8,11,17H,9H2,1-4H3,(H,20,23). The van der Waals surface area contributed by atoms with E-state index in [1.54, 1.807) is 46.3 Å². The average Bonchev–Trinajstić information content (AvgIpc) is 2.95. The van der Waals surface area contributed by atoms with Gasteiger partial charge in [0.15, 0.2) is 0 Å². The van der Waals surface area contributed by atoms with Gasteiger partial charge in [0.05, 0.1) is 20.3 Å². The van der Waals surface area contributed by atoms with Crippen molar-refractivity contribution in [2.45, 2.75) is 32.9 Å². The molecule has 0 aliphatic heterocycles. The third-order valence-electron chi connectivity index (χ3n) is 3.80. The molecular formula is C17H21F2N3O3. The lowest BCUT2D eigenvalue weighted by molar-refractivity contribution is -0.122. The lowest BCUT2D eigenvalue weighted by Crippen LogP contribution is -2.31. The molecular weight excluding hydrogens is 332 g/mol. The molecule has 1 aromatic heterocycles. The number of aromatic nitrogens is 2. The molecule has 8 heteroatoms. The largest absolute Gasteiger partial charge is 0.497 e. The molecule has 136 valence electrons. The van der Waals surface area contributed by atoms with E-state index in [2.05, 4.69) is 10.4 Å². The predicted octanol–water partition coefficient (Wildman–Crippen LogP) is 3.02. The minimum absolute atomic E-state index is 0.144. The van der Waals surface area contributed by atoms with E-state index in [9.17, 15) is 13.6 Å². The fourth-order valence-electron chi connectivity index (χ4n) is 2.48. The number of benzene rings is 1. The van der Waals surface area contributed by atoms with Crippen molar-refractivity contribution >= 4 is 5.91 Å². The van der Waals surface area contributed by atoms with Gasteiger partial charge in [-0.05, 0) is 38.1 Å². The summed E-state index contributed by atoms with van der Waals surface area (Å²) >= 11 is 0. The van der Waals surface area contributed by atoms with Crippen LogP contribution in [0.4, 0.5) is 8.78 Å². The molecule has 0 aliphatic carbocycles. The molecule has 1 N–H and O–H groups in total. The summed E-state index contributed by atoms with van der Waals surface area (Å²) in [6.07, 6.45) is -2.66. The number of nitrogens with one attached hydrogen (secondary N) is 1. The highest BCUT2D eigenvalue weighted by molar-refractivity contribution is 5.76. The summed E-state index contributed by atoms with van der Waals surface area (Å²) in [6.45, 7) is 3.28. The smallest absolute Gasteiger partial charge is 0.282 e. The quantitative estimate of drug-likeness (QED) is 0.831. The van der Waals surface area contributed by atoms with Gasteiger partial charge in [-0.2, -0.15) is 5.10 Å². The number of hydrogen-bond acceptors (Lipinski definition) is 4. The number of alkyl halides is 2. The lowest BCUT2D eigenvalue weighted by atomic mass is 10.1. The monoisotopic (exact) mass is 353 g/mol. The summed E-state index contributed by atoms with van der Waals surface area (Å²) in [6, 6.07) is 6.20. The Balaban J connectivity index is 2.10. The summed E-state index contributed by atoms with van der Waals surface area (Å²) in [5.41, 5.74) is 0.908. The number of halogens is 2. The molecule has 0 bridgehead atoms. The molecule has 1 heterocycles. The summed E-state index contributed by atoms with van der Waals surface area (Å²) < 4.78 is 37.1. The minimum atomic E-state index is -2.66. The highest BCUT2D eigenvalue weighted by atomic mass is 19.3. The minimum Gasteiger partial charge on any atom is -0.497 e. The van der Waals surface area contributed by atoms with Gasteiger partial charge in [0.1, 0.15) is 23.7 Å². The van der Waals surface area contributed by atoms with Crippen LogP contribution in [0.2, 0.25) is 0 Å². The molecule has 25 heavy (non-hydrogen) atoms. The molecule has 2 rings (SSSR count). The van der Waals surface area contributed by atoms with E-state index >= 15 is 0 Å². The number of rotatable bonds is 7. The molecule has 0 radical (unpaired) electrons. The molecule has 0 aliphatic rings. The second kappa shape index (κ2) is 7.96. The third-order valence-corrected chi connectivity index (χ3v) is 3.80. The molecule has 1 aromatic carbocycles. The number of ether oxygens (including phenoxy) is 2. The van der Waals surface area contributed by atoms with Gasteiger partial charge in [0.2, 0.25) is 5.91 Å². The van der Waals surface area contributed by atoms with Crippen LogP contribution in [0, 0.1) is 6.92 Å². The molecule has 0 spiro atoms. The second-order valence-electron chi connectivity index (χ2n) is 5.57. The summed E-state index contributed by atoms with van der Waals surface area (Å²) in [4.78, 5) is 12.3. The van der Waals surface area contributed by atoms with Crippen molar-refractivity contribution in [2.24, 2.45) is 0 Å². The second-order valence-corrected chi connectivity index (χ2v) is 5.57. The Morgan fingerprint density at radius 3 is 2.56 bits per heavy atom. The molecule has 0 saturated carbocycles. The molecule has 0 saturated heterocycles. The van der Waals surface area contributed by atoms with Crippen LogP contribution in [-0.2, 0) is 11.3 Å². The zero-order chi connectivity index (χ0) is 18.6. The average molecular weight is 353 g/mol. The molecule has 0 fully saturated rings. The highest BCUT2D eigenvalue weighted by Gasteiger charge is 2.18. The van der Waals surface area contributed by atoms with Gasteiger partial charge in [-0.25, -0.2) is 8.78 Å². The van der Waals surface area contributed by atoms with E-state index < -0.39 is 6.43 Å². The van der Waals surface area contributed by atoms with Gasteiger partial charge >= 0.3 is 0 Å². The van der Waals surface area contributed by atoms with Crippen LogP contribution in [0.1, 0.15) is 36.3 Å². The predicted molar refractivity (Wildman–Crippen MR) is 88.0 cm³/mol. The van der Waals surface area contributed by atoms with Gasteiger partial charge in [-0.3, -0.25) is 9.48 Å². The zero-order valence-electron chi connectivity index (χ0n) is 14.5. The highest BCUT2D eigenvalue weighted by Crippen LogP contribution is 2.29. The number of nitrogens with zero attached hydrogens (tertiary/aromatic N) is 2. The fraction of sp³-hybridized carbons (Fsp3) is 0.412. The fourth-order valence-corrected chi connectivity index (χ4v) is 2.48. The van der Waals surface area contributed by atoms with Gasteiger partial charge in [-0.1, -0.05) is 0 Å². The Morgan fingerprint density at radius 1 is 1.28 bits per heavy atom. The Labute approximate surface area is 144 Å². The topological polar surface area (TPSA) is 65.4 Å². The summed E-state index contributed by atoms with van der Waals surface area (Å²) in [5, 5.41) is 6.57. The molecule has 1 atom stereocenters. The van der Waals surface area contributed by atoms with Gasteiger partial charge in [-0.15, -0.1) is 0 Å². The number of methoxy groups -OCH3 is 2. The summed E-state index contributed by atoms with van der Waals surface area (Å²) in [5.74, 6) is 0.912. The van der Waals surface area contributed by atoms with Crippen molar-refractivity contribution in [3.63, 3.8) is 0 Å². The maximum absolute atomic E-state index is 12.7. The Kier molecular flexibility index (Phi) is 5.95. The Hall–Kier alpha value is -2.64. The van der Waals surface area contributed by atoms with Crippen molar-refractivity contribution in [2.75, 3.05) is 14.2 Å². The van der Waals surface area contributed by atoms with Crippen molar-refractivity contribution in [3.8, 4) is 11.5 Å². The first kappa shape index (κ1) is 18.7. The lowest BCUT2D eigenvalue weighted by Gasteiger charge is -2.18. The molecule has 6 nitrogen and oxygen atoms in total. The van der Waals surface area contributed by atoms with Crippen LogP contribution < -0.4 is 14.8 Å². The van der Waals surface area contributed by atoms with Gasteiger partial charge in [0, 0.05) is 11.3 Å². The van der Waals surface area contributed by atoms with Crippen LogP contribution in [0.5, 0.6) is 11.5 Å². The number of amides is 1. The maximum atomic E-state index is 12.7. The van der Waals surface area contributed by atoms with E-state index in [1.165, 1.54) is 10.7 Å². The van der Waals surface area contributed by atoms with Crippen molar-refractivity contribution in [3.05, 3.63) is 41.2 Å². The van der Waals surface area contributed by atoms with Crippen molar-refractivity contribution in [1.29, 1.82) is 0 Å². The van der Waals surface area contributed by atoms with E-state index in [1.807, 2.05) is 0 Å². The van der Waals surface area contributed by atoms with E-state index in [0.717, 1.165) is 5.56 Å². The number of aryl methyl sites for hydroxylation is 1. The normalized spacial score (nSPS) is 12.1. The zero-order valence-corrected chi connectivity index (χ0v) is 14.5. The summed E-state index contributed by atoms with van der Waals surface area (Å²) in [7, 11) is 3.09. The van der Waals surface area contributed by atoms with Crippen LogP contribution in [0.15, 0.2) is 24.3 Å². The van der Waals surface area contributed by atoms with Crippen LogP contribution in [-0.4, -0.2) is 29.9 Å². The van der Waals surface area contributed by atoms with Gasteiger partial charge < -0.3 is 14.8 Å². The van der Waals surface area contributed by atoms with E-state index in [-0.39, 0.29) is 24.2 Å². The van der Waals surface area contributed by atoms with Crippen LogP contribution >= 0.6 is 0 Å². The maximum Gasteiger partial charge on any atom is 0.282 e. The molecule has 1 unspecified atom stereocenters. The van der Waals surface area contributed by atoms with Gasteiger partial charge in [0.25, 0.3) is 6.43 Å². The van der Waals surface area contributed by atoms with Crippen molar-refractivity contribution < 1.29 is 23.0 Å². The SMILES string of the molecule is COc1ccc(OC)c(C(C)NC(=O)Cn2nc(C(F)F)cc2C)c1. The van der Waals surface area contributed by atoms with Crippen LogP contribution in [0.25, 0.3) is 0 Å². The molecule has 2 aromatic rings. The van der Waals surface area contributed by atoms with Crippen molar-refractivity contribution in [1.82, 2.24) is 15.1 Å². The number of carbonyl (C=O) groups excluding carboxylic acids is 1. The number of hydrogen-bond donors (Lipinski definition) is 1. The first-order valence-electron chi connectivity index (χ1n) is 7.69. The number of carbonyl (C=O) groups is 1. The Bertz CT molecular complexity index is 747.